The predicted octanol–water partition coefficient (Wildman–Crippen LogP) is 4.60. The highest BCUT2D eigenvalue weighted by molar-refractivity contribution is 7.18. The van der Waals surface area contributed by atoms with Crippen LogP contribution in [0.25, 0.3) is 10.2 Å². The van der Waals surface area contributed by atoms with Crippen molar-refractivity contribution in [1.82, 2.24) is 15.6 Å². The maximum Gasteiger partial charge on any atom is 0.226 e. The Hall–Kier alpha value is -0.880. The highest BCUT2D eigenvalue weighted by Gasteiger charge is 2.36. The van der Waals surface area contributed by atoms with Crippen molar-refractivity contribution in [3.05, 3.63) is 29.3 Å². The molecule has 3 rings (SSSR count). The van der Waals surface area contributed by atoms with Crippen molar-refractivity contribution >= 4 is 52.3 Å². The molecule has 1 aliphatic rings. The Kier molecular flexibility index (Phi) is 10.0. The molecule has 1 aromatic carbocycles. The number of fused-ring (bicyclic) bond motifs is 1. The lowest BCUT2D eigenvalue weighted by Crippen LogP contribution is -2.42. The third kappa shape index (κ3) is 5.80. The first-order chi connectivity index (χ1) is 12.2. The Morgan fingerprint density at radius 3 is 2.67 bits per heavy atom. The zero-order chi connectivity index (χ0) is 17.7. The summed E-state index contributed by atoms with van der Waals surface area (Å²) in [5, 5.41) is 7.67. The highest BCUT2D eigenvalue weighted by Crippen LogP contribution is 2.34. The fourth-order valence-electron chi connectivity index (χ4n) is 3.72. The largest absolute Gasteiger partial charge is 0.356 e. The van der Waals surface area contributed by atoms with Gasteiger partial charge in [-0.2, -0.15) is 0 Å². The van der Waals surface area contributed by atoms with E-state index < -0.39 is 0 Å². The van der Waals surface area contributed by atoms with Crippen molar-refractivity contribution in [2.24, 2.45) is 11.3 Å². The molecule has 2 aromatic rings. The lowest BCUT2D eigenvalue weighted by molar-refractivity contribution is -0.131. The Labute approximate surface area is 178 Å². The van der Waals surface area contributed by atoms with E-state index in [0.717, 1.165) is 55.8 Å². The lowest BCUT2D eigenvalue weighted by atomic mass is 9.78. The summed E-state index contributed by atoms with van der Waals surface area (Å²) < 4.78 is 1.20. The van der Waals surface area contributed by atoms with Gasteiger partial charge < -0.3 is 10.6 Å². The second-order valence-electron chi connectivity index (χ2n) is 7.14. The maximum atomic E-state index is 13.0. The van der Waals surface area contributed by atoms with Crippen LogP contribution in [0.2, 0.25) is 0 Å². The molecule has 1 atom stereocenters. The molecule has 1 aliphatic heterocycles. The minimum atomic E-state index is -0.345. The summed E-state index contributed by atoms with van der Waals surface area (Å²) in [5.41, 5.74) is 0.694. The average Bonchev–Trinajstić information content (AvgIpc) is 3.28. The molecule has 1 aromatic heterocycles. The van der Waals surface area contributed by atoms with E-state index in [0.29, 0.717) is 5.92 Å². The SMILES string of the molecule is CCC(CC)(Cc1nc2ccccc2s1)C(=O)NCCC1CCNC1.Cl.Cl. The number of carbonyl (C=O) groups is 1. The van der Waals surface area contributed by atoms with Crippen molar-refractivity contribution in [3.8, 4) is 0 Å². The van der Waals surface area contributed by atoms with Crippen molar-refractivity contribution in [2.45, 2.75) is 46.0 Å². The van der Waals surface area contributed by atoms with Gasteiger partial charge >= 0.3 is 0 Å². The third-order valence-electron chi connectivity index (χ3n) is 5.66. The fraction of sp³-hybridized carbons (Fsp3) is 0.600. The summed E-state index contributed by atoms with van der Waals surface area (Å²) in [7, 11) is 0. The Balaban J connectivity index is 0.00000182. The number of aromatic nitrogens is 1. The van der Waals surface area contributed by atoms with Crippen LogP contribution in [-0.4, -0.2) is 30.5 Å². The molecule has 0 aliphatic carbocycles. The molecule has 2 N–H and O–H groups in total. The van der Waals surface area contributed by atoms with Crippen molar-refractivity contribution < 1.29 is 4.79 Å². The molecule has 0 radical (unpaired) electrons. The molecular formula is C20H31Cl2N3OS. The summed E-state index contributed by atoms with van der Waals surface area (Å²) >= 11 is 1.72. The van der Waals surface area contributed by atoms with Crippen LogP contribution in [-0.2, 0) is 11.2 Å². The van der Waals surface area contributed by atoms with Crippen LogP contribution in [0.1, 0.15) is 44.5 Å². The molecule has 152 valence electrons. The summed E-state index contributed by atoms with van der Waals surface area (Å²) in [6.07, 6.45) is 4.72. The molecule has 0 bridgehead atoms. The summed E-state index contributed by atoms with van der Waals surface area (Å²) in [4.78, 5) is 17.7. The molecule has 1 saturated heterocycles. The highest BCUT2D eigenvalue weighted by atomic mass is 35.5. The van der Waals surface area contributed by atoms with Gasteiger partial charge in [-0.05, 0) is 56.8 Å². The summed E-state index contributed by atoms with van der Waals surface area (Å²) in [6.45, 7) is 7.24. The smallest absolute Gasteiger partial charge is 0.226 e. The Morgan fingerprint density at radius 1 is 1.30 bits per heavy atom. The lowest BCUT2D eigenvalue weighted by Gasteiger charge is -2.29. The molecule has 0 saturated carbocycles. The quantitative estimate of drug-likeness (QED) is 0.641. The van der Waals surface area contributed by atoms with Gasteiger partial charge in [0.25, 0.3) is 0 Å². The summed E-state index contributed by atoms with van der Waals surface area (Å²) in [5.74, 6) is 0.907. The predicted molar refractivity (Wildman–Crippen MR) is 119 cm³/mol. The van der Waals surface area contributed by atoms with Gasteiger partial charge in [-0.15, -0.1) is 36.2 Å². The van der Waals surface area contributed by atoms with E-state index in [-0.39, 0.29) is 36.1 Å². The van der Waals surface area contributed by atoms with E-state index in [9.17, 15) is 4.79 Å². The van der Waals surface area contributed by atoms with Crippen molar-refractivity contribution in [1.29, 1.82) is 0 Å². The maximum absolute atomic E-state index is 13.0. The number of halogens is 2. The number of nitrogens with zero attached hydrogens (tertiary/aromatic N) is 1. The first kappa shape index (κ1) is 24.2. The van der Waals surface area contributed by atoms with Gasteiger partial charge in [0.05, 0.1) is 20.6 Å². The van der Waals surface area contributed by atoms with Crippen LogP contribution in [0.4, 0.5) is 0 Å². The number of rotatable bonds is 8. The number of amides is 1. The Bertz CT molecular complexity index is 679. The number of benzene rings is 1. The molecule has 4 nitrogen and oxygen atoms in total. The van der Waals surface area contributed by atoms with Crippen LogP contribution in [0, 0.1) is 11.3 Å². The molecule has 1 amide bonds. The second-order valence-corrected chi connectivity index (χ2v) is 8.26. The van der Waals surface area contributed by atoms with E-state index in [1.165, 1.54) is 11.1 Å². The minimum Gasteiger partial charge on any atom is -0.356 e. The third-order valence-corrected chi connectivity index (χ3v) is 6.70. The second kappa shape index (κ2) is 11.2. The van der Waals surface area contributed by atoms with Gasteiger partial charge in [-0.1, -0.05) is 26.0 Å². The number of carbonyl (C=O) groups excluding carboxylic acids is 1. The number of para-hydroxylation sites is 1. The molecule has 27 heavy (non-hydrogen) atoms. The standard InChI is InChI=1S/C20H29N3OS.2ClH/c1-3-20(4-2,19(24)22-12-10-15-9-11-21-14-15)13-18-23-16-7-5-6-8-17(16)25-18;;/h5-8,15,21H,3-4,9-14H2,1-2H3,(H,22,24);2*1H. The number of hydrogen-bond acceptors (Lipinski definition) is 4. The normalized spacial score (nSPS) is 16.6. The van der Waals surface area contributed by atoms with E-state index in [1.807, 2.05) is 18.2 Å². The molecule has 7 heteroatoms. The van der Waals surface area contributed by atoms with Crippen LogP contribution in [0.15, 0.2) is 24.3 Å². The van der Waals surface area contributed by atoms with Crippen LogP contribution in [0.5, 0.6) is 0 Å². The average molecular weight is 432 g/mol. The minimum absolute atomic E-state index is 0. The fourth-order valence-corrected chi connectivity index (χ4v) is 4.84. The number of thiazole rings is 1. The molecule has 1 unspecified atom stereocenters. The zero-order valence-corrected chi connectivity index (χ0v) is 18.6. The van der Waals surface area contributed by atoms with Crippen molar-refractivity contribution in [2.75, 3.05) is 19.6 Å². The molecular weight excluding hydrogens is 401 g/mol. The van der Waals surface area contributed by atoms with E-state index in [1.54, 1.807) is 11.3 Å². The number of hydrogen-bond donors (Lipinski definition) is 2. The first-order valence-electron chi connectivity index (χ1n) is 9.50. The molecule has 0 spiro atoms. The monoisotopic (exact) mass is 431 g/mol. The first-order valence-corrected chi connectivity index (χ1v) is 10.3. The van der Waals surface area contributed by atoms with E-state index >= 15 is 0 Å². The van der Waals surface area contributed by atoms with Gasteiger partial charge in [-0.3, -0.25) is 4.79 Å². The van der Waals surface area contributed by atoms with Crippen LogP contribution in [0.3, 0.4) is 0 Å². The number of nitrogens with one attached hydrogen (secondary N) is 2. The van der Waals surface area contributed by atoms with Crippen LogP contribution >= 0.6 is 36.2 Å². The Morgan fingerprint density at radius 2 is 2.04 bits per heavy atom. The van der Waals surface area contributed by atoms with Crippen LogP contribution < -0.4 is 10.6 Å². The van der Waals surface area contributed by atoms with Gasteiger partial charge in [0.2, 0.25) is 5.91 Å². The van der Waals surface area contributed by atoms with E-state index in [4.69, 9.17) is 4.98 Å². The molecule has 2 heterocycles. The van der Waals surface area contributed by atoms with Gasteiger partial charge in [-0.25, -0.2) is 4.98 Å². The summed E-state index contributed by atoms with van der Waals surface area (Å²) in [6, 6.07) is 8.21. The molecule has 1 fully saturated rings. The van der Waals surface area contributed by atoms with E-state index in [2.05, 4.69) is 30.5 Å². The topological polar surface area (TPSA) is 54.0 Å². The van der Waals surface area contributed by atoms with Gasteiger partial charge in [0.1, 0.15) is 0 Å². The van der Waals surface area contributed by atoms with Gasteiger partial charge in [0.15, 0.2) is 0 Å². The van der Waals surface area contributed by atoms with Crippen molar-refractivity contribution in [3.63, 3.8) is 0 Å². The van der Waals surface area contributed by atoms with Gasteiger partial charge in [0, 0.05) is 13.0 Å². The zero-order valence-electron chi connectivity index (χ0n) is 16.1.